The highest BCUT2D eigenvalue weighted by atomic mass is 32.2. The standard InChI is InChI=1S/C16H18F2N2OS2/c1-2-20(10-14-4-3-9-22-14)11-15(21)19-12-5-7-13(8-6-12)23-16(17)18/h3-9,16H,2,10-11H2,1H3,(H,19,21)/p+1. The zero-order chi connectivity index (χ0) is 16.7. The van der Waals surface area contributed by atoms with Gasteiger partial charge in [-0.3, -0.25) is 4.79 Å². The number of carbonyl (C=O) groups is 1. The van der Waals surface area contributed by atoms with E-state index in [1.165, 1.54) is 9.78 Å². The Morgan fingerprint density at radius 3 is 2.61 bits per heavy atom. The van der Waals surface area contributed by atoms with E-state index in [4.69, 9.17) is 0 Å². The Hall–Kier alpha value is -1.44. The number of thioether (sulfide) groups is 1. The van der Waals surface area contributed by atoms with Crippen molar-refractivity contribution in [1.29, 1.82) is 0 Å². The van der Waals surface area contributed by atoms with Crippen LogP contribution in [0.1, 0.15) is 11.8 Å². The Labute approximate surface area is 142 Å². The van der Waals surface area contributed by atoms with Crippen molar-refractivity contribution < 1.29 is 18.5 Å². The fourth-order valence-corrected chi connectivity index (χ4v) is 3.40. The molecule has 1 unspecified atom stereocenters. The van der Waals surface area contributed by atoms with Crippen molar-refractivity contribution in [2.24, 2.45) is 0 Å². The largest absolute Gasteiger partial charge is 0.323 e. The summed E-state index contributed by atoms with van der Waals surface area (Å²) < 4.78 is 24.5. The molecule has 23 heavy (non-hydrogen) atoms. The zero-order valence-corrected chi connectivity index (χ0v) is 14.4. The molecule has 0 saturated heterocycles. The van der Waals surface area contributed by atoms with E-state index in [0.717, 1.165) is 13.1 Å². The molecule has 2 rings (SSSR count). The van der Waals surface area contributed by atoms with Crippen LogP contribution in [0.4, 0.5) is 14.5 Å². The maximum atomic E-state index is 12.3. The third kappa shape index (κ3) is 6.29. The summed E-state index contributed by atoms with van der Waals surface area (Å²) in [6, 6.07) is 10.5. The predicted molar refractivity (Wildman–Crippen MR) is 91.3 cm³/mol. The van der Waals surface area contributed by atoms with Gasteiger partial charge in [-0.25, -0.2) is 0 Å². The van der Waals surface area contributed by atoms with Crippen molar-refractivity contribution in [3.8, 4) is 0 Å². The smallest absolute Gasteiger partial charge is 0.288 e. The minimum Gasteiger partial charge on any atom is -0.323 e. The Morgan fingerprint density at radius 2 is 2.04 bits per heavy atom. The third-order valence-electron chi connectivity index (χ3n) is 3.28. The van der Waals surface area contributed by atoms with E-state index >= 15 is 0 Å². The molecule has 2 N–H and O–H groups in total. The number of likely N-dealkylation sites (N-methyl/N-ethyl adjacent to an activating group) is 1. The molecule has 3 nitrogen and oxygen atoms in total. The predicted octanol–water partition coefficient (Wildman–Crippen LogP) is 3.11. The van der Waals surface area contributed by atoms with Gasteiger partial charge in [-0.05, 0) is 42.6 Å². The minimum absolute atomic E-state index is 0.0762. The van der Waals surface area contributed by atoms with Gasteiger partial charge in [-0.15, -0.1) is 11.3 Å². The first-order valence-corrected chi connectivity index (χ1v) is 9.03. The van der Waals surface area contributed by atoms with Crippen LogP contribution in [0.15, 0.2) is 46.7 Å². The highest BCUT2D eigenvalue weighted by Gasteiger charge is 2.14. The minimum atomic E-state index is -2.44. The summed E-state index contributed by atoms with van der Waals surface area (Å²) in [5, 5.41) is 4.84. The van der Waals surface area contributed by atoms with E-state index in [9.17, 15) is 13.6 Å². The average molecular weight is 357 g/mol. The maximum absolute atomic E-state index is 12.3. The molecule has 7 heteroatoms. The Bertz CT molecular complexity index is 603. The van der Waals surface area contributed by atoms with Gasteiger partial charge in [0.1, 0.15) is 6.54 Å². The molecule has 0 aliphatic carbocycles. The zero-order valence-electron chi connectivity index (χ0n) is 12.7. The molecule has 2 aromatic rings. The molecule has 0 saturated carbocycles. The van der Waals surface area contributed by atoms with E-state index in [-0.39, 0.29) is 5.91 Å². The number of alkyl halides is 2. The topological polar surface area (TPSA) is 33.5 Å². The molecule has 1 aromatic carbocycles. The van der Waals surface area contributed by atoms with Gasteiger partial charge in [-0.2, -0.15) is 8.78 Å². The fourth-order valence-electron chi connectivity index (χ4n) is 2.12. The van der Waals surface area contributed by atoms with Crippen LogP contribution < -0.4 is 10.2 Å². The molecule has 0 aliphatic heterocycles. The summed E-state index contributed by atoms with van der Waals surface area (Å²) in [7, 11) is 0. The number of rotatable bonds is 8. The molecule has 1 heterocycles. The second kappa shape index (κ2) is 9.00. The normalized spacial score (nSPS) is 12.3. The van der Waals surface area contributed by atoms with Gasteiger partial charge < -0.3 is 10.2 Å². The first-order chi connectivity index (χ1) is 11.1. The van der Waals surface area contributed by atoms with Crippen LogP contribution in [0.5, 0.6) is 0 Å². The third-order valence-corrected chi connectivity index (χ3v) is 4.88. The summed E-state index contributed by atoms with van der Waals surface area (Å²) in [6.45, 7) is 4.11. The number of amides is 1. The number of nitrogens with one attached hydrogen (secondary N) is 2. The molecule has 1 aromatic heterocycles. The molecule has 0 spiro atoms. The molecule has 124 valence electrons. The number of hydrogen-bond donors (Lipinski definition) is 2. The van der Waals surface area contributed by atoms with Crippen molar-refractivity contribution in [3.63, 3.8) is 0 Å². The highest BCUT2D eigenvalue weighted by molar-refractivity contribution is 7.99. The van der Waals surface area contributed by atoms with Crippen LogP contribution in [0.3, 0.4) is 0 Å². The molecule has 0 bridgehead atoms. The SMILES string of the molecule is CC[NH+](CC(=O)Nc1ccc(SC(F)F)cc1)Cc1cccs1. The van der Waals surface area contributed by atoms with Crippen LogP contribution >= 0.6 is 23.1 Å². The molecular formula is C16H19F2N2OS2+. The number of quaternary nitrogens is 1. The molecule has 0 fully saturated rings. The van der Waals surface area contributed by atoms with Gasteiger partial charge in [0, 0.05) is 10.6 Å². The van der Waals surface area contributed by atoms with Crippen LogP contribution in [-0.2, 0) is 11.3 Å². The van der Waals surface area contributed by atoms with Crippen LogP contribution in [0.25, 0.3) is 0 Å². The summed E-state index contributed by atoms with van der Waals surface area (Å²) in [6.07, 6.45) is 0. The van der Waals surface area contributed by atoms with Gasteiger partial charge in [0.2, 0.25) is 0 Å². The number of thiophene rings is 1. The van der Waals surface area contributed by atoms with Gasteiger partial charge in [0.05, 0.1) is 11.4 Å². The summed E-state index contributed by atoms with van der Waals surface area (Å²) in [5.41, 5.74) is 0.625. The molecule has 0 aliphatic rings. The van der Waals surface area contributed by atoms with E-state index in [1.807, 2.05) is 18.4 Å². The molecular weight excluding hydrogens is 338 g/mol. The number of halogens is 2. The van der Waals surface area contributed by atoms with Gasteiger partial charge in [0.15, 0.2) is 6.54 Å². The first-order valence-electron chi connectivity index (χ1n) is 7.27. The summed E-state index contributed by atoms with van der Waals surface area (Å²) in [5.74, 6) is -2.51. The number of anilines is 1. The molecule has 0 radical (unpaired) electrons. The monoisotopic (exact) mass is 357 g/mol. The second-order valence-electron chi connectivity index (χ2n) is 4.99. The molecule has 1 atom stereocenters. The lowest BCUT2D eigenvalue weighted by atomic mass is 10.3. The highest BCUT2D eigenvalue weighted by Crippen LogP contribution is 2.26. The van der Waals surface area contributed by atoms with Gasteiger partial charge in [-0.1, -0.05) is 17.8 Å². The van der Waals surface area contributed by atoms with E-state index in [1.54, 1.807) is 35.6 Å². The van der Waals surface area contributed by atoms with E-state index in [2.05, 4.69) is 11.4 Å². The van der Waals surface area contributed by atoms with Crippen molar-refractivity contribution in [3.05, 3.63) is 46.7 Å². The number of hydrogen-bond acceptors (Lipinski definition) is 3. The summed E-state index contributed by atoms with van der Waals surface area (Å²) >= 11 is 2.18. The average Bonchev–Trinajstić information content (AvgIpc) is 3.01. The number of carbonyl (C=O) groups excluding carboxylic acids is 1. The van der Waals surface area contributed by atoms with Crippen LogP contribution in [-0.4, -0.2) is 24.8 Å². The number of benzene rings is 1. The summed E-state index contributed by atoms with van der Waals surface area (Å²) in [4.78, 5) is 15.0. The first kappa shape index (κ1) is 17.9. The van der Waals surface area contributed by atoms with Crippen molar-refractivity contribution in [2.45, 2.75) is 24.1 Å². The van der Waals surface area contributed by atoms with E-state index in [0.29, 0.717) is 28.9 Å². The Kier molecular flexibility index (Phi) is 7.01. The van der Waals surface area contributed by atoms with E-state index < -0.39 is 5.76 Å². The van der Waals surface area contributed by atoms with Gasteiger partial charge >= 0.3 is 0 Å². The lowest BCUT2D eigenvalue weighted by Crippen LogP contribution is -3.11. The maximum Gasteiger partial charge on any atom is 0.288 e. The van der Waals surface area contributed by atoms with Crippen LogP contribution in [0, 0.1) is 0 Å². The van der Waals surface area contributed by atoms with Gasteiger partial charge in [0.25, 0.3) is 11.7 Å². The van der Waals surface area contributed by atoms with Crippen molar-refractivity contribution >= 4 is 34.7 Å². The Balaban J connectivity index is 1.85. The molecule has 1 amide bonds. The lowest BCUT2D eigenvalue weighted by molar-refractivity contribution is -0.903. The Morgan fingerprint density at radius 1 is 1.30 bits per heavy atom. The van der Waals surface area contributed by atoms with Crippen LogP contribution in [0.2, 0.25) is 0 Å². The second-order valence-corrected chi connectivity index (χ2v) is 7.08. The lowest BCUT2D eigenvalue weighted by Gasteiger charge is -2.16. The fraction of sp³-hybridized carbons (Fsp3) is 0.312. The van der Waals surface area contributed by atoms with Crippen molar-refractivity contribution in [2.75, 3.05) is 18.4 Å². The quantitative estimate of drug-likeness (QED) is 0.712. The van der Waals surface area contributed by atoms with Crippen molar-refractivity contribution in [1.82, 2.24) is 0 Å².